The maximum Gasteiger partial charge on any atom is 0.213 e. The Morgan fingerprint density at radius 2 is 1.97 bits per heavy atom. The summed E-state index contributed by atoms with van der Waals surface area (Å²) in [4.78, 5) is 20.4. The quantitative estimate of drug-likeness (QED) is 0.663. The van der Waals surface area contributed by atoms with Crippen LogP contribution in [0, 0.1) is 0 Å². The van der Waals surface area contributed by atoms with Crippen LogP contribution >= 0.6 is 0 Å². The molecule has 1 aliphatic heterocycles. The zero-order valence-corrected chi connectivity index (χ0v) is 16.5. The number of ether oxygens (including phenoxy) is 1. The molecule has 0 bridgehead atoms. The van der Waals surface area contributed by atoms with Crippen molar-refractivity contribution in [2.75, 3.05) is 6.54 Å². The monoisotopic (exact) mass is 387 g/mol. The molecule has 0 spiro atoms. The zero-order chi connectivity index (χ0) is 19.5. The maximum atomic E-state index is 5.97. The summed E-state index contributed by atoms with van der Waals surface area (Å²) in [6.45, 7) is 2.72. The van der Waals surface area contributed by atoms with Crippen LogP contribution in [0.3, 0.4) is 0 Å². The fraction of sp³-hybridized carbons (Fsp3) is 0.391. The Hall–Kier alpha value is -2.86. The summed E-state index contributed by atoms with van der Waals surface area (Å²) < 4.78 is 5.97. The lowest BCUT2D eigenvalue weighted by Gasteiger charge is -2.28. The molecule has 6 heteroatoms. The molecule has 0 saturated heterocycles. The molecular weight excluding hydrogens is 362 g/mol. The van der Waals surface area contributed by atoms with Crippen LogP contribution in [0.5, 0.6) is 5.88 Å². The molecule has 5 rings (SSSR count). The molecule has 0 atom stereocenters. The Balaban J connectivity index is 1.22. The van der Waals surface area contributed by atoms with Crippen LogP contribution in [0.25, 0.3) is 11.4 Å². The number of nitrogens with zero attached hydrogens (tertiary/aromatic N) is 5. The molecule has 6 nitrogen and oxygen atoms in total. The molecule has 3 aromatic heterocycles. The molecule has 0 unspecified atom stereocenters. The maximum absolute atomic E-state index is 5.97. The zero-order valence-electron chi connectivity index (χ0n) is 16.5. The normalized spacial score (nSPS) is 17.2. The molecule has 2 aliphatic rings. The highest BCUT2D eigenvalue weighted by Crippen LogP contribution is 2.24. The van der Waals surface area contributed by atoms with Crippen LogP contribution in [-0.4, -0.2) is 37.5 Å². The first-order chi connectivity index (χ1) is 14.3. The minimum Gasteiger partial charge on any atom is -0.474 e. The topological polar surface area (TPSA) is 64.0 Å². The largest absolute Gasteiger partial charge is 0.474 e. The smallest absolute Gasteiger partial charge is 0.213 e. The molecule has 4 heterocycles. The van der Waals surface area contributed by atoms with Crippen molar-refractivity contribution < 1.29 is 4.74 Å². The minimum absolute atomic E-state index is 0.350. The van der Waals surface area contributed by atoms with E-state index in [0.717, 1.165) is 61.9 Å². The number of hydrogen-bond donors (Lipinski definition) is 0. The summed E-state index contributed by atoms with van der Waals surface area (Å²) in [6.07, 6.45) is 13.6. The van der Waals surface area contributed by atoms with E-state index in [2.05, 4.69) is 25.9 Å². The van der Waals surface area contributed by atoms with Crippen molar-refractivity contribution in [2.24, 2.45) is 0 Å². The fourth-order valence-electron chi connectivity index (χ4n) is 4.15. The lowest BCUT2D eigenvalue weighted by Crippen LogP contribution is -2.31. The Labute approximate surface area is 171 Å². The van der Waals surface area contributed by atoms with Gasteiger partial charge in [-0.1, -0.05) is 6.07 Å². The third kappa shape index (κ3) is 4.27. The van der Waals surface area contributed by atoms with Crippen LogP contribution in [0.1, 0.15) is 42.5 Å². The molecular formula is C23H25N5O. The molecule has 0 N–H and O–H groups in total. The molecule has 0 amide bonds. The van der Waals surface area contributed by atoms with Gasteiger partial charge in [0.1, 0.15) is 6.10 Å². The Morgan fingerprint density at radius 1 is 1.03 bits per heavy atom. The summed E-state index contributed by atoms with van der Waals surface area (Å²) in [5, 5.41) is 0. The average molecular weight is 387 g/mol. The lowest BCUT2D eigenvalue weighted by molar-refractivity contribution is 0.201. The van der Waals surface area contributed by atoms with E-state index >= 15 is 0 Å². The van der Waals surface area contributed by atoms with Crippen LogP contribution in [0.15, 0.2) is 49.1 Å². The second-order valence-corrected chi connectivity index (χ2v) is 7.90. The highest BCUT2D eigenvalue weighted by molar-refractivity contribution is 5.53. The van der Waals surface area contributed by atoms with E-state index < -0.39 is 0 Å². The predicted octanol–water partition coefficient (Wildman–Crippen LogP) is 3.81. The summed E-state index contributed by atoms with van der Waals surface area (Å²) in [5.41, 5.74) is 4.52. The van der Waals surface area contributed by atoms with Crippen molar-refractivity contribution >= 4 is 0 Å². The van der Waals surface area contributed by atoms with E-state index in [1.807, 2.05) is 36.8 Å². The summed E-state index contributed by atoms with van der Waals surface area (Å²) in [5.74, 6) is 1.51. The van der Waals surface area contributed by atoms with Gasteiger partial charge in [-0.2, -0.15) is 0 Å². The first-order valence-corrected chi connectivity index (χ1v) is 10.4. The van der Waals surface area contributed by atoms with Gasteiger partial charge in [-0.25, -0.2) is 15.0 Å². The Morgan fingerprint density at radius 3 is 2.76 bits per heavy atom. The van der Waals surface area contributed by atoms with Gasteiger partial charge in [0.05, 0.1) is 5.69 Å². The van der Waals surface area contributed by atoms with E-state index in [-0.39, 0.29) is 0 Å². The molecule has 3 aromatic rings. The molecule has 148 valence electrons. The van der Waals surface area contributed by atoms with Gasteiger partial charge in [-0.05, 0) is 43.4 Å². The number of hydrogen-bond acceptors (Lipinski definition) is 6. The average Bonchev–Trinajstić information content (AvgIpc) is 3.28. The third-order valence-corrected chi connectivity index (χ3v) is 5.73. The summed E-state index contributed by atoms with van der Waals surface area (Å²) >= 11 is 0. The highest BCUT2D eigenvalue weighted by Gasteiger charge is 2.20. The Bertz CT molecular complexity index is 955. The second kappa shape index (κ2) is 8.25. The molecule has 1 fully saturated rings. The van der Waals surface area contributed by atoms with Crippen molar-refractivity contribution in [3.63, 3.8) is 0 Å². The first-order valence-electron chi connectivity index (χ1n) is 10.4. The number of pyridine rings is 2. The first kappa shape index (κ1) is 18.2. The van der Waals surface area contributed by atoms with Crippen LogP contribution < -0.4 is 4.74 Å². The van der Waals surface area contributed by atoms with Crippen molar-refractivity contribution in [3.8, 4) is 17.3 Å². The summed E-state index contributed by atoms with van der Waals surface area (Å²) in [6, 6.07) is 8.05. The van der Waals surface area contributed by atoms with E-state index in [1.54, 1.807) is 6.20 Å². The minimum atomic E-state index is 0.350. The van der Waals surface area contributed by atoms with Crippen LogP contribution in [0.2, 0.25) is 0 Å². The van der Waals surface area contributed by atoms with E-state index in [1.165, 1.54) is 24.0 Å². The van der Waals surface area contributed by atoms with E-state index in [0.29, 0.717) is 6.10 Å². The molecule has 1 aliphatic carbocycles. The van der Waals surface area contributed by atoms with Crippen LogP contribution in [0.4, 0.5) is 0 Å². The Kier molecular flexibility index (Phi) is 5.17. The SMILES string of the molecule is c1cncc(-c2ncc3c(n2)CCN(Cc2ccc(OC4CCCC4)nc2)C3)c1. The summed E-state index contributed by atoms with van der Waals surface area (Å²) in [7, 11) is 0. The molecule has 0 radical (unpaired) electrons. The van der Waals surface area contributed by atoms with Gasteiger partial charge in [-0.15, -0.1) is 0 Å². The van der Waals surface area contributed by atoms with Crippen molar-refractivity contribution in [3.05, 3.63) is 65.9 Å². The molecule has 29 heavy (non-hydrogen) atoms. The van der Waals surface area contributed by atoms with Gasteiger partial charge >= 0.3 is 0 Å². The number of rotatable bonds is 5. The van der Waals surface area contributed by atoms with Gasteiger partial charge in [0, 0.05) is 68.0 Å². The predicted molar refractivity (Wildman–Crippen MR) is 110 cm³/mol. The highest BCUT2D eigenvalue weighted by atomic mass is 16.5. The van der Waals surface area contributed by atoms with Gasteiger partial charge in [0.2, 0.25) is 5.88 Å². The van der Waals surface area contributed by atoms with Gasteiger partial charge in [0.15, 0.2) is 5.82 Å². The standard InChI is InChI=1S/C23H25N5O/c1-2-6-20(5-1)29-22-8-7-17(12-25-22)15-28-11-9-21-19(16-28)14-26-23(27-21)18-4-3-10-24-13-18/h3-4,7-8,10,12-14,20H,1-2,5-6,9,11,15-16H2. The van der Waals surface area contributed by atoms with Crippen molar-refractivity contribution in [1.29, 1.82) is 0 Å². The van der Waals surface area contributed by atoms with Gasteiger partial charge in [0.25, 0.3) is 0 Å². The van der Waals surface area contributed by atoms with Crippen molar-refractivity contribution in [2.45, 2.75) is 51.3 Å². The third-order valence-electron chi connectivity index (χ3n) is 5.73. The van der Waals surface area contributed by atoms with Gasteiger partial charge < -0.3 is 4.74 Å². The van der Waals surface area contributed by atoms with Crippen LogP contribution in [-0.2, 0) is 19.5 Å². The molecule has 1 saturated carbocycles. The van der Waals surface area contributed by atoms with E-state index in [4.69, 9.17) is 9.72 Å². The van der Waals surface area contributed by atoms with Crippen molar-refractivity contribution in [1.82, 2.24) is 24.8 Å². The fourth-order valence-corrected chi connectivity index (χ4v) is 4.15. The molecule has 0 aromatic carbocycles. The lowest BCUT2D eigenvalue weighted by atomic mass is 10.1. The second-order valence-electron chi connectivity index (χ2n) is 7.90. The number of fused-ring (bicyclic) bond motifs is 1. The number of aromatic nitrogens is 4. The van der Waals surface area contributed by atoms with Gasteiger partial charge in [-0.3, -0.25) is 9.88 Å². The van der Waals surface area contributed by atoms with E-state index in [9.17, 15) is 0 Å².